The average molecular weight is 413 g/mol. The van der Waals surface area contributed by atoms with Gasteiger partial charge in [-0.15, -0.1) is 0 Å². The summed E-state index contributed by atoms with van der Waals surface area (Å²) in [5.74, 6) is -0.820. The maximum atomic E-state index is 14.8. The number of hydrogen-bond donors (Lipinski definition) is 2. The zero-order valence-corrected chi connectivity index (χ0v) is 17.6. The first-order chi connectivity index (χ1) is 14.1. The van der Waals surface area contributed by atoms with Crippen LogP contribution in [-0.2, 0) is 16.1 Å². The van der Waals surface area contributed by atoms with Crippen LogP contribution in [-0.4, -0.2) is 31.2 Å². The summed E-state index contributed by atoms with van der Waals surface area (Å²) in [4.78, 5) is 24.5. The van der Waals surface area contributed by atoms with E-state index in [0.29, 0.717) is 24.3 Å². The number of nitrogens with zero attached hydrogens (tertiary/aromatic N) is 1. The minimum Gasteiger partial charge on any atom is -0.444 e. The van der Waals surface area contributed by atoms with Crippen LogP contribution in [0.1, 0.15) is 32.8 Å². The lowest BCUT2D eigenvalue weighted by molar-refractivity contribution is -0.117. The average Bonchev–Trinajstić information content (AvgIpc) is 3.00. The number of halogens is 1. The fourth-order valence-corrected chi connectivity index (χ4v) is 3.56. The van der Waals surface area contributed by atoms with Crippen molar-refractivity contribution in [3.63, 3.8) is 0 Å². The molecule has 2 aromatic rings. The van der Waals surface area contributed by atoms with Crippen LogP contribution in [0.4, 0.5) is 14.9 Å². The molecular formula is C23H28FN3O3. The molecule has 0 aromatic heterocycles. The number of nitrogens with two attached hydrogens (primary N) is 1. The zero-order chi connectivity index (χ0) is 21.9. The molecule has 6 nitrogen and oxygen atoms in total. The van der Waals surface area contributed by atoms with Crippen LogP contribution in [0.5, 0.6) is 0 Å². The number of cyclic esters (lactones) is 1. The van der Waals surface area contributed by atoms with Crippen LogP contribution in [0.15, 0.2) is 42.5 Å². The Balaban J connectivity index is 1.69. The minimum absolute atomic E-state index is 0.0393. The molecule has 1 heterocycles. The van der Waals surface area contributed by atoms with E-state index in [1.807, 2.05) is 24.3 Å². The number of primary amides is 1. The van der Waals surface area contributed by atoms with E-state index in [1.54, 1.807) is 12.1 Å². The third-order valence-corrected chi connectivity index (χ3v) is 4.87. The number of hydrogen-bond acceptors (Lipinski definition) is 4. The standard InChI is InChI=1S/C23H28FN3O3/c1-23(2,3)11-18-14-27(22(29)30-18)17-8-9-19(20(24)10-17)16-6-4-15(5-7-16)12-26-13-21(25)28/h4-10,18,26H,11-14H2,1-3H3,(H2,25,28)/t18-/m0/s1. The van der Waals surface area contributed by atoms with Crippen LogP contribution < -0.4 is 16.0 Å². The maximum Gasteiger partial charge on any atom is 0.414 e. The number of amides is 2. The third kappa shape index (κ3) is 5.57. The molecule has 3 N–H and O–H groups in total. The van der Waals surface area contributed by atoms with Gasteiger partial charge in [0.25, 0.3) is 0 Å². The first kappa shape index (κ1) is 21.8. The van der Waals surface area contributed by atoms with Gasteiger partial charge in [-0.25, -0.2) is 9.18 Å². The molecule has 1 aliphatic rings. The lowest BCUT2D eigenvalue weighted by Crippen LogP contribution is -2.28. The van der Waals surface area contributed by atoms with E-state index in [0.717, 1.165) is 17.5 Å². The number of nitrogens with one attached hydrogen (secondary N) is 1. The number of carbonyl (C=O) groups is 2. The van der Waals surface area contributed by atoms with Gasteiger partial charge < -0.3 is 15.8 Å². The van der Waals surface area contributed by atoms with Gasteiger partial charge in [-0.05, 0) is 41.2 Å². The van der Waals surface area contributed by atoms with Crippen molar-refractivity contribution >= 4 is 17.7 Å². The van der Waals surface area contributed by atoms with Gasteiger partial charge in [-0.3, -0.25) is 9.69 Å². The maximum absolute atomic E-state index is 14.8. The molecule has 7 heteroatoms. The SMILES string of the molecule is CC(C)(C)C[C@H]1CN(c2ccc(-c3ccc(CNCC(N)=O)cc3)c(F)c2)C(=O)O1. The molecule has 2 aromatic carbocycles. The predicted molar refractivity (Wildman–Crippen MR) is 114 cm³/mol. The Labute approximate surface area is 176 Å². The molecule has 0 unspecified atom stereocenters. The summed E-state index contributed by atoms with van der Waals surface area (Å²) in [6.07, 6.45) is 0.108. The molecule has 30 heavy (non-hydrogen) atoms. The summed E-state index contributed by atoms with van der Waals surface area (Å²) in [5, 5.41) is 2.93. The van der Waals surface area contributed by atoms with Gasteiger partial charge in [0.05, 0.1) is 18.8 Å². The fourth-order valence-electron chi connectivity index (χ4n) is 3.56. The summed E-state index contributed by atoms with van der Waals surface area (Å²) in [7, 11) is 0. The van der Waals surface area contributed by atoms with Crippen molar-refractivity contribution in [3.05, 3.63) is 53.8 Å². The molecule has 160 valence electrons. The van der Waals surface area contributed by atoms with Gasteiger partial charge in [0, 0.05) is 12.1 Å². The lowest BCUT2D eigenvalue weighted by Gasteiger charge is -2.21. The van der Waals surface area contributed by atoms with Crippen molar-refractivity contribution in [1.29, 1.82) is 0 Å². The molecule has 1 aliphatic heterocycles. The highest BCUT2D eigenvalue weighted by Gasteiger charge is 2.35. The number of rotatable bonds is 7. The first-order valence-corrected chi connectivity index (χ1v) is 9.98. The Morgan fingerprint density at radius 1 is 1.23 bits per heavy atom. The smallest absolute Gasteiger partial charge is 0.414 e. The van der Waals surface area contributed by atoms with Crippen LogP contribution in [0.2, 0.25) is 0 Å². The predicted octanol–water partition coefficient (Wildman–Crippen LogP) is 3.83. The van der Waals surface area contributed by atoms with Crippen LogP contribution in [0.3, 0.4) is 0 Å². The Hall–Kier alpha value is -2.93. The van der Waals surface area contributed by atoms with Crippen molar-refractivity contribution in [3.8, 4) is 11.1 Å². The van der Waals surface area contributed by atoms with Crippen molar-refractivity contribution in [2.45, 2.75) is 39.8 Å². The second-order valence-corrected chi connectivity index (χ2v) is 8.81. The number of carbonyl (C=O) groups excluding carboxylic acids is 2. The van der Waals surface area contributed by atoms with Crippen molar-refractivity contribution < 1.29 is 18.7 Å². The quantitative estimate of drug-likeness (QED) is 0.723. The van der Waals surface area contributed by atoms with Crippen molar-refractivity contribution in [1.82, 2.24) is 5.32 Å². The molecule has 0 saturated carbocycles. The van der Waals surface area contributed by atoms with Gasteiger partial charge in [0.1, 0.15) is 11.9 Å². The summed E-state index contributed by atoms with van der Waals surface area (Å²) in [5.41, 5.74) is 7.77. The van der Waals surface area contributed by atoms with E-state index in [9.17, 15) is 14.0 Å². The Morgan fingerprint density at radius 3 is 2.53 bits per heavy atom. The Morgan fingerprint density at radius 2 is 1.93 bits per heavy atom. The molecule has 1 saturated heterocycles. The first-order valence-electron chi connectivity index (χ1n) is 9.98. The zero-order valence-electron chi connectivity index (χ0n) is 17.6. The van der Waals surface area contributed by atoms with Gasteiger partial charge in [-0.1, -0.05) is 45.0 Å². The van der Waals surface area contributed by atoms with Gasteiger partial charge in [0.15, 0.2) is 0 Å². The van der Waals surface area contributed by atoms with E-state index >= 15 is 0 Å². The molecule has 0 spiro atoms. The van der Waals surface area contributed by atoms with Gasteiger partial charge in [0.2, 0.25) is 5.91 Å². The molecule has 0 aliphatic carbocycles. The molecular weight excluding hydrogens is 385 g/mol. The van der Waals surface area contributed by atoms with E-state index in [4.69, 9.17) is 10.5 Å². The number of anilines is 1. The minimum atomic E-state index is -0.441. The molecule has 0 bridgehead atoms. The van der Waals surface area contributed by atoms with E-state index < -0.39 is 17.8 Å². The summed E-state index contributed by atoms with van der Waals surface area (Å²) in [6, 6.07) is 12.2. The lowest BCUT2D eigenvalue weighted by atomic mass is 9.89. The highest BCUT2D eigenvalue weighted by molar-refractivity contribution is 5.90. The molecule has 1 fully saturated rings. The number of ether oxygens (including phenoxy) is 1. The topological polar surface area (TPSA) is 84.7 Å². The fraction of sp³-hybridized carbons (Fsp3) is 0.391. The highest BCUT2D eigenvalue weighted by atomic mass is 19.1. The third-order valence-electron chi connectivity index (χ3n) is 4.87. The largest absolute Gasteiger partial charge is 0.444 e. The van der Waals surface area contributed by atoms with Gasteiger partial charge >= 0.3 is 6.09 Å². The Bertz CT molecular complexity index is 922. The van der Waals surface area contributed by atoms with Crippen LogP contribution in [0.25, 0.3) is 11.1 Å². The van der Waals surface area contributed by atoms with Crippen molar-refractivity contribution in [2.75, 3.05) is 18.0 Å². The second-order valence-electron chi connectivity index (χ2n) is 8.81. The summed E-state index contributed by atoms with van der Waals surface area (Å²) >= 11 is 0. The summed E-state index contributed by atoms with van der Waals surface area (Å²) < 4.78 is 20.3. The van der Waals surface area contributed by atoms with E-state index in [-0.39, 0.29) is 18.1 Å². The normalized spacial score (nSPS) is 16.6. The molecule has 2 amide bonds. The van der Waals surface area contributed by atoms with Crippen LogP contribution in [0, 0.1) is 11.2 Å². The van der Waals surface area contributed by atoms with Crippen molar-refractivity contribution in [2.24, 2.45) is 11.1 Å². The molecule has 0 radical (unpaired) electrons. The molecule has 1 atom stereocenters. The second kappa shape index (κ2) is 8.83. The summed E-state index contributed by atoms with van der Waals surface area (Å²) in [6.45, 7) is 7.30. The monoisotopic (exact) mass is 413 g/mol. The van der Waals surface area contributed by atoms with E-state index in [1.165, 1.54) is 11.0 Å². The van der Waals surface area contributed by atoms with E-state index in [2.05, 4.69) is 26.1 Å². The number of benzene rings is 2. The molecule has 3 rings (SSSR count). The highest BCUT2D eigenvalue weighted by Crippen LogP contribution is 2.32. The van der Waals surface area contributed by atoms with Gasteiger partial charge in [-0.2, -0.15) is 0 Å². The van der Waals surface area contributed by atoms with Crippen LogP contribution >= 0.6 is 0 Å². The Kier molecular flexibility index (Phi) is 6.41.